The molecule has 1 heterocycles. The van der Waals surface area contributed by atoms with Crippen LogP contribution in [0.15, 0.2) is 18.2 Å². The summed E-state index contributed by atoms with van der Waals surface area (Å²) in [4.78, 5) is 18.3. The summed E-state index contributed by atoms with van der Waals surface area (Å²) in [6, 6.07) is 5.15. The number of aryl methyl sites for hydroxylation is 1. The van der Waals surface area contributed by atoms with Crippen molar-refractivity contribution in [2.45, 2.75) is 13.3 Å². The number of nitrogens with one attached hydrogen (secondary N) is 1. The summed E-state index contributed by atoms with van der Waals surface area (Å²) in [7, 11) is 0. The SMILES string of the molecule is Cc1[nH]c(-c2cc(Cl)cc(Cl)c2)nc1CC(N)=O. The Labute approximate surface area is 114 Å². The minimum Gasteiger partial charge on any atom is -0.369 e. The first-order valence-corrected chi connectivity index (χ1v) is 6.01. The van der Waals surface area contributed by atoms with Gasteiger partial charge in [-0.05, 0) is 25.1 Å². The summed E-state index contributed by atoms with van der Waals surface area (Å²) in [5, 5.41) is 1.06. The summed E-state index contributed by atoms with van der Waals surface area (Å²) in [5.74, 6) is 0.202. The lowest BCUT2D eigenvalue weighted by Gasteiger charge is -1.99. The zero-order valence-electron chi connectivity index (χ0n) is 9.63. The van der Waals surface area contributed by atoms with Gasteiger partial charge < -0.3 is 10.7 Å². The van der Waals surface area contributed by atoms with Crippen molar-refractivity contribution >= 4 is 29.1 Å². The van der Waals surface area contributed by atoms with E-state index in [9.17, 15) is 4.79 Å². The zero-order chi connectivity index (χ0) is 13.3. The molecular weight excluding hydrogens is 273 g/mol. The fourth-order valence-corrected chi connectivity index (χ4v) is 2.19. The minimum absolute atomic E-state index is 0.108. The van der Waals surface area contributed by atoms with Crippen molar-refractivity contribution < 1.29 is 4.79 Å². The molecule has 0 aliphatic carbocycles. The number of rotatable bonds is 3. The Morgan fingerprint density at radius 2 is 1.94 bits per heavy atom. The Bertz CT molecular complexity index is 587. The maximum absolute atomic E-state index is 10.9. The van der Waals surface area contributed by atoms with E-state index in [1.165, 1.54) is 0 Å². The molecule has 1 aromatic heterocycles. The smallest absolute Gasteiger partial charge is 0.223 e. The van der Waals surface area contributed by atoms with Crippen LogP contribution < -0.4 is 5.73 Å². The van der Waals surface area contributed by atoms with Gasteiger partial charge in [0.05, 0.1) is 12.1 Å². The van der Waals surface area contributed by atoms with Crippen molar-refractivity contribution in [3.05, 3.63) is 39.6 Å². The number of nitrogens with two attached hydrogens (primary N) is 1. The molecule has 0 unspecified atom stereocenters. The highest BCUT2D eigenvalue weighted by Gasteiger charge is 2.11. The Hall–Kier alpha value is -1.52. The number of hydrogen-bond donors (Lipinski definition) is 2. The van der Waals surface area contributed by atoms with E-state index in [4.69, 9.17) is 28.9 Å². The standard InChI is InChI=1S/C12H11Cl2N3O/c1-6-10(5-11(15)18)17-12(16-6)7-2-8(13)4-9(14)3-7/h2-4H,5H2,1H3,(H2,15,18)(H,16,17). The number of aromatic nitrogens is 2. The minimum atomic E-state index is -0.416. The van der Waals surface area contributed by atoms with Gasteiger partial charge in [-0.15, -0.1) is 0 Å². The highest BCUT2D eigenvalue weighted by Crippen LogP contribution is 2.26. The molecular formula is C12H11Cl2N3O. The summed E-state index contributed by atoms with van der Waals surface area (Å²) in [6.07, 6.45) is 0.108. The predicted molar refractivity (Wildman–Crippen MR) is 71.7 cm³/mol. The van der Waals surface area contributed by atoms with Crippen molar-refractivity contribution in [1.29, 1.82) is 0 Å². The molecule has 0 spiro atoms. The summed E-state index contributed by atoms with van der Waals surface area (Å²) in [6.45, 7) is 1.83. The van der Waals surface area contributed by atoms with Gasteiger partial charge in [0.15, 0.2) is 0 Å². The van der Waals surface area contributed by atoms with Gasteiger partial charge in [0.25, 0.3) is 0 Å². The topological polar surface area (TPSA) is 71.8 Å². The maximum Gasteiger partial charge on any atom is 0.223 e. The van der Waals surface area contributed by atoms with Crippen LogP contribution in [0.25, 0.3) is 11.4 Å². The number of imidazole rings is 1. The molecule has 18 heavy (non-hydrogen) atoms. The molecule has 0 aliphatic rings. The molecule has 1 amide bonds. The number of aromatic amines is 1. The van der Waals surface area contributed by atoms with E-state index < -0.39 is 5.91 Å². The molecule has 4 nitrogen and oxygen atoms in total. The predicted octanol–water partition coefficient (Wildman–Crippen LogP) is 2.72. The number of halogens is 2. The Morgan fingerprint density at radius 1 is 1.33 bits per heavy atom. The molecule has 0 radical (unpaired) electrons. The monoisotopic (exact) mass is 283 g/mol. The lowest BCUT2D eigenvalue weighted by molar-refractivity contribution is -0.117. The summed E-state index contributed by atoms with van der Waals surface area (Å²) in [5.41, 5.74) is 7.36. The summed E-state index contributed by atoms with van der Waals surface area (Å²) < 4.78 is 0. The second kappa shape index (κ2) is 5.00. The fraction of sp³-hybridized carbons (Fsp3) is 0.167. The number of benzene rings is 1. The van der Waals surface area contributed by atoms with Gasteiger partial charge in [-0.2, -0.15) is 0 Å². The number of amides is 1. The maximum atomic E-state index is 10.9. The quantitative estimate of drug-likeness (QED) is 0.909. The molecule has 0 bridgehead atoms. The molecule has 1 aromatic carbocycles. The first kappa shape index (κ1) is 12.9. The fourth-order valence-electron chi connectivity index (χ4n) is 1.66. The first-order chi connectivity index (χ1) is 8.45. The van der Waals surface area contributed by atoms with Crippen molar-refractivity contribution in [2.75, 3.05) is 0 Å². The van der Waals surface area contributed by atoms with Crippen molar-refractivity contribution in [1.82, 2.24) is 9.97 Å². The van der Waals surface area contributed by atoms with Crippen LogP contribution in [-0.4, -0.2) is 15.9 Å². The van der Waals surface area contributed by atoms with E-state index in [0.717, 1.165) is 11.3 Å². The number of primary amides is 1. The summed E-state index contributed by atoms with van der Waals surface area (Å²) >= 11 is 11.9. The van der Waals surface area contributed by atoms with E-state index in [1.807, 2.05) is 6.92 Å². The first-order valence-electron chi connectivity index (χ1n) is 5.26. The number of carbonyl (C=O) groups is 1. The van der Waals surface area contributed by atoms with Crippen molar-refractivity contribution in [3.8, 4) is 11.4 Å². The van der Waals surface area contributed by atoms with Gasteiger partial charge in [0.1, 0.15) is 5.82 Å². The largest absolute Gasteiger partial charge is 0.369 e. The van der Waals surface area contributed by atoms with Crippen LogP contribution >= 0.6 is 23.2 Å². The van der Waals surface area contributed by atoms with Gasteiger partial charge in [-0.3, -0.25) is 4.79 Å². The number of hydrogen-bond acceptors (Lipinski definition) is 2. The van der Waals surface area contributed by atoms with Gasteiger partial charge in [0, 0.05) is 21.3 Å². The van der Waals surface area contributed by atoms with Crippen LogP contribution in [0.5, 0.6) is 0 Å². The number of nitrogens with zero attached hydrogens (tertiary/aromatic N) is 1. The third kappa shape index (κ3) is 2.83. The molecule has 0 atom stereocenters. The van der Waals surface area contributed by atoms with Crippen molar-refractivity contribution in [2.24, 2.45) is 5.73 Å². The molecule has 3 N–H and O–H groups in total. The lowest BCUT2D eigenvalue weighted by atomic mass is 10.2. The molecule has 2 rings (SSSR count). The third-order valence-electron chi connectivity index (χ3n) is 2.46. The zero-order valence-corrected chi connectivity index (χ0v) is 11.1. The Morgan fingerprint density at radius 3 is 2.50 bits per heavy atom. The van der Waals surface area contributed by atoms with Gasteiger partial charge in [-0.1, -0.05) is 23.2 Å². The van der Waals surface area contributed by atoms with Crippen LogP contribution in [0, 0.1) is 6.92 Å². The van der Waals surface area contributed by atoms with E-state index in [2.05, 4.69) is 9.97 Å². The van der Waals surface area contributed by atoms with E-state index in [1.54, 1.807) is 18.2 Å². The molecule has 2 aromatic rings. The van der Waals surface area contributed by atoms with Gasteiger partial charge >= 0.3 is 0 Å². The van der Waals surface area contributed by atoms with Crippen LogP contribution in [0.4, 0.5) is 0 Å². The lowest BCUT2D eigenvalue weighted by Crippen LogP contribution is -2.14. The molecule has 94 valence electrons. The number of H-pyrrole nitrogens is 1. The van der Waals surface area contributed by atoms with Crippen LogP contribution in [-0.2, 0) is 11.2 Å². The molecule has 6 heteroatoms. The molecule has 0 saturated heterocycles. The molecule has 0 saturated carbocycles. The van der Waals surface area contributed by atoms with Gasteiger partial charge in [0.2, 0.25) is 5.91 Å². The third-order valence-corrected chi connectivity index (χ3v) is 2.90. The second-order valence-corrected chi connectivity index (χ2v) is 4.83. The van der Waals surface area contributed by atoms with E-state index in [-0.39, 0.29) is 6.42 Å². The number of carbonyl (C=O) groups excluding carboxylic acids is 1. The van der Waals surface area contributed by atoms with E-state index >= 15 is 0 Å². The second-order valence-electron chi connectivity index (χ2n) is 3.96. The average molecular weight is 284 g/mol. The normalized spacial score (nSPS) is 10.6. The average Bonchev–Trinajstić information content (AvgIpc) is 2.58. The van der Waals surface area contributed by atoms with Crippen molar-refractivity contribution in [3.63, 3.8) is 0 Å². The van der Waals surface area contributed by atoms with Crippen LogP contribution in [0.1, 0.15) is 11.4 Å². The highest BCUT2D eigenvalue weighted by molar-refractivity contribution is 6.35. The molecule has 0 aliphatic heterocycles. The van der Waals surface area contributed by atoms with Gasteiger partial charge in [-0.25, -0.2) is 4.98 Å². The Balaban J connectivity index is 2.42. The molecule has 0 fully saturated rings. The Kier molecular flexibility index (Phi) is 3.59. The van der Waals surface area contributed by atoms with Crippen LogP contribution in [0.2, 0.25) is 10.0 Å². The van der Waals surface area contributed by atoms with Crippen LogP contribution in [0.3, 0.4) is 0 Å². The van der Waals surface area contributed by atoms with E-state index in [0.29, 0.717) is 21.6 Å². The highest BCUT2D eigenvalue weighted by atomic mass is 35.5.